The summed E-state index contributed by atoms with van der Waals surface area (Å²) < 4.78 is 23.6. The van der Waals surface area contributed by atoms with Crippen molar-refractivity contribution in [2.75, 3.05) is 6.26 Å². The maximum atomic E-state index is 11.8. The highest BCUT2D eigenvalue weighted by molar-refractivity contribution is 8.04. The number of allylic oxidation sites excluding steroid dienone is 2. The van der Waals surface area contributed by atoms with Crippen LogP contribution < -0.4 is 0 Å². The molecule has 0 saturated heterocycles. The highest BCUT2D eigenvalue weighted by atomic mass is 32.2. The Hall–Kier alpha value is -1.40. The molecule has 0 N–H and O–H groups in total. The molecule has 0 amide bonds. The highest BCUT2D eigenvalue weighted by Gasteiger charge is 2.27. The molecule has 0 radical (unpaired) electrons. The predicted molar refractivity (Wildman–Crippen MR) is 74.8 cm³/mol. The van der Waals surface area contributed by atoms with Crippen molar-refractivity contribution in [1.82, 2.24) is 0 Å². The third-order valence-electron chi connectivity index (χ3n) is 2.99. The lowest BCUT2D eigenvalue weighted by Gasteiger charge is -2.22. The fourth-order valence-electron chi connectivity index (χ4n) is 2.11. The Kier molecular flexibility index (Phi) is 2.87. The van der Waals surface area contributed by atoms with Crippen molar-refractivity contribution >= 4 is 38.8 Å². The number of aliphatic imine (C=N–C) groups is 1. The van der Waals surface area contributed by atoms with Gasteiger partial charge in [-0.3, -0.25) is 9.79 Å². The molecule has 0 unspecified atom stereocenters. The Labute approximate surface area is 115 Å². The van der Waals surface area contributed by atoms with Crippen molar-refractivity contribution in [2.45, 2.75) is 22.6 Å². The molecule has 98 valence electrons. The van der Waals surface area contributed by atoms with Crippen LogP contribution >= 0.6 is 11.8 Å². The van der Waals surface area contributed by atoms with Crippen LogP contribution in [0.4, 0.5) is 5.69 Å². The first-order valence-corrected chi connectivity index (χ1v) is 8.46. The number of fused-ring (bicyclic) bond motifs is 2. The van der Waals surface area contributed by atoms with Crippen LogP contribution in [0, 0.1) is 0 Å². The number of Topliss-reactive ketones (excluding diaryl/α,β-unsaturated/α-hetero) is 1. The monoisotopic (exact) mass is 293 g/mol. The van der Waals surface area contributed by atoms with Gasteiger partial charge in [-0.2, -0.15) is 0 Å². The van der Waals surface area contributed by atoms with E-state index < -0.39 is 9.84 Å². The van der Waals surface area contributed by atoms with Crippen LogP contribution in [0.1, 0.15) is 12.8 Å². The molecule has 0 saturated carbocycles. The van der Waals surface area contributed by atoms with Gasteiger partial charge in [0, 0.05) is 17.6 Å². The molecule has 1 aliphatic heterocycles. The summed E-state index contributed by atoms with van der Waals surface area (Å²) in [5.41, 5.74) is 1.38. The zero-order valence-corrected chi connectivity index (χ0v) is 11.8. The average molecular weight is 293 g/mol. The van der Waals surface area contributed by atoms with E-state index in [4.69, 9.17) is 0 Å². The van der Waals surface area contributed by atoms with E-state index in [0.717, 1.165) is 10.6 Å². The number of thioether (sulfide) groups is 1. The van der Waals surface area contributed by atoms with Crippen LogP contribution in [0.25, 0.3) is 0 Å². The normalized spacial score (nSPS) is 18.3. The van der Waals surface area contributed by atoms with Gasteiger partial charge in [-0.25, -0.2) is 8.42 Å². The van der Waals surface area contributed by atoms with Crippen LogP contribution in [0.3, 0.4) is 0 Å². The van der Waals surface area contributed by atoms with Crippen molar-refractivity contribution in [2.24, 2.45) is 4.99 Å². The molecule has 4 nitrogen and oxygen atoms in total. The van der Waals surface area contributed by atoms with E-state index in [2.05, 4.69) is 4.99 Å². The molecular weight excluding hydrogens is 282 g/mol. The van der Waals surface area contributed by atoms with E-state index in [1.165, 1.54) is 18.0 Å². The number of hydrogen-bond acceptors (Lipinski definition) is 5. The number of carbonyl (C=O) groups excluding carboxylic acids is 1. The van der Waals surface area contributed by atoms with Crippen molar-refractivity contribution < 1.29 is 13.2 Å². The number of sulfone groups is 1. The fraction of sp³-hybridized carbons (Fsp3) is 0.231. The molecule has 0 fully saturated rings. The molecule has 0 bridgehead atoms. The number of hydrogen-bond donors (Lipinski definition) is 0. The number of benzene rings is 1. The van der Waals surface area contributed by atoms with Gasteiger partial charge in [0.15, 0.2) is 9.84 Å². The van der Waals surface area contributed by atoms with E-state index in [9.17, 15) is 13.2 Å². The van der Waals surface area contributed by atoms with Gasteiger partial charge in [0.1, 0.15) is 5.78 Å². The Balaban J connectivity index is 2.20. The van der Waals surface area contributed by atoms with E-state index >= 15 is 0 Å². The maximum Gasteiger partial charge on any atom is 0.176 e. The fourth-order valence-corrected chi connectivity index (χ4v) is 4.46. The summed E-state index contributed by atoms with van der Waals surface area (Å²) in [6, 6.07) is 5.05. The molecule has 19 heavy (non-hydrogen) atoms. The highest BCUT2D eigenvalue weighted by Crippen LogP contribution is 2.45. The minimum absolute atomic E-state index is 0.144. The standard InChI is InChI=1S/C13H11NO3S2/c1-19(16,17)12-4-2-3-9-13(12)18-11-6-5-8(15)7-10(11)14-9/h2-4,6H,5,7H2,1H3. The zero-order valence-electron chi connectivity index (χ0n) is 10.2. The lowest BCUT2D eigenvalue weighted by molar-refractivity contribution is -0.117. The Morgan fingerprint density at radius 3 is 2.84 bits per heavy atom. The van der Waals surface area contributed by atoms with E-state index in [1.54, 1.807) is 18.2 Å². The lowest BCUT2D eigenvalue weighted by Crippen LogP contribution is -2.16. The van der Waals surface area contributed by atoms with Gasteiger partial charge in [-0.15, -0.1) is 0 Å². The van der Waals surface area contributed by atoms with E-state index in [-0.39, 0.29) is 5.78 Å². The van der Waals surface area contributed by atoms with Crippen LogP contribution in [-0.2, 0) is 14.6 Å². The molecular formula is C13H11NO3S2. The minimum Gasteiger partial charge on any atom is -0.299 e. The van der Waals surface area contributed by atoms with Gasteiger partial charge in [-0.05, 0) is 12.1 Å². The predicted octanol–water partition coefficient (Wildman–Crippen LogP) is 2.52. The second-order valence-corrected chi connectivity index (χ2v) is 7.56. The molecule has 0 aromatic heterocycles. The molecule has 1 aromatic carbocycles. The molecule has 0 atom stereocenters. The summed E-state index contributed by atoms with van der Waals surface area (Å²) >= 11 is 1.40. The summed E-state index contributed by atoms with van der Waals surface area (Å²) in [5, 5.41) is 0. The smallest absolute Gasteiger partial charge is 0.176 e. The van der Waals surface area contributed by atoms with Gasteiger partial charge >= 0.3 is 0 Å². The van der Waals surface area contributed by atoms with Gasteiger partial charge in [0.05, 0.1) is 27.6 Å². The summed E-state index contributed by atoms with van der Waals surface area (Å²) in [7, 11) is -3.28. The van der Waals surface area contributed by atoms with Crippen LogP contribution in [0.2, 0.25) is 0 Å². The van der Waals surface area contributed by atoms with E-state index in [1.807, 2.05) is 6.08 Å². The first-order chi connectivity index (χ1) is 8.95. The van der Waals surface area contributed by atoms with Crippen molar-refractivity contribution in [1.29, 1.82) is 0 Å². The molecule has 1 aliphatic carbocycles. The molecule has 6 heteroatoms. The molecule has 2 aliphatic rings. The van der Waals surface area contributed by atoms with Crippen molar-refractivity contribution in [3.8, 4) is 0 Å². The second kappa shape index (κ2) is 4.31. The van der Waals surface area contributed by atoms with Crippen LogP contribution in [0.5, 0.6) is 0 Å². The van der Waals surface area contributed by atoms with Crippen molar-refractivity contribution in [3.05, 3.63) is 29.2 Å². The molecule has 3 rings (SSSR count). The Morgan fingerprint density at radius 2 is 2.11 bits per heavy atom. The number of nitrogens with zero attached hydrogens (tertiary/aromatic N) is 1. The third kappa shape index (κ3) is 2.26. The van der Waals surface area contributed by atoms with Crippen molar-refractivity contribution in [3.63, 3.8) is 0 Å². The number of ketones is 1. The van der Waals surface area contributed by atoms with Gasteiger partial charge in [-0.1, -0.05) is 23.9 Å². The maximum absolute atomic E-state index is 11.8. The number of rotatable bonds is 1. The first kappa shape index (κ1) is 12.6. The molecule has 1 heterocycles. The van der Waals surface area contributed by atoms with Crippen LogP contribution in [0.15, 0.2) is 44.0 Å². The third-order valence-corrected chi connectivity index (χ3v) is 5.51. The average Bonchev–Trinajstić information content (AvgIpc) is 2.34. The van der Waals surface area contributed by atoms with Gasteiger partial charge in [0.25, 0.3) is 0 Å². The number of carbonyl (C=O) groups is 1. The summed E-state index contributed by atoms with van der Waals surface area (Å²) in [6.07, 6.45) is 3.76. The summed E-state index contributed by atoms with van der Waals surface area (Å²) in [6.45, 7) is 0. The van der Waals surface area contributed by atoms with Crippen LogP contribution in [-0.4, -0.2) is 26.2 Å². The minimum atomic E-state index is -3.28. The summed E-state index contributed by atoms with van der Waals surface area (Å²) in [5.74, 6) is 0.144. The Bertz CT molecular complexity index is 745. The Morgan fingerprint density at radius 1 is 1.32 bits per heavy atom. The summed E-state index contributed by atoms with van der Waals surface area (Å²) in [4.78, 5) is 17.7. The molecule has 1 aromatic rings. The second-order valence-electron chi connectivity index (χ2n) is 4.53. The molecule has 0 spiro atoms. The first-order valence-electron chi connectivity index (χ1n) is 5.76. The van der Waals surface area contributed by atoms with E-state index in [0.29, 0.717) is 28.3 Å². The van der Waals surface area contributed by atoms with Gasteiger partial charge < -0.3 is 0 Å². The van der Waals surface area contributed by atoms with Gasteiger partial charge in [0.2, 0.25) is 0 Å². The largest absolute Gasteiger partial charge is 0.299 e. The zero-order chi connectivity index (χ0) is 13.6. The quantitative estimate of drug-likeness (QED) is 0.798. The lowest BCUT2D eigenvalue weighted by atomic mass is 10.0. The SMILES string of the molecule is CS(=O)(=O)c1cccc2c1SC1=CCC(=O)CC1=N2. The topological polar surface area (TPSA) is 63.6 Å².